The molecule has 0 amide bonds. The van der Waals surface area contributed by atoms with Gasteiger partial charge in [0.25, 0.3) is 0 Å². The number of aliphatic imine (C=N–C) groups is 2. The van der Waals surface area contributed by atoms with Crippen LogP contribution in [0.3, 0.4) is 0 Å². The Kier molecular flexibility index (Phi) is 12.8. The van der Waals surface area contributed by atoms with Crippen LogP contribution in [0.4, 0.5) is 0 Å². The monoisotopic (exact) mass is 222 g/mol. The fraction of sp³-hybridized carbons (Fsp3) is 0.571. The van der Waals surface area contributed by atoms with Crippen molar-refractivity contribution in [3.8, 4) is 0 Å². The van der Waals surface area contributed by atoms with Gasteiger partial charge in [-0.3, -0.25) is 9.98 Å². The van der Waals surface area contributed by atoms with Crippen molar-refractivity contribution in [1.82, 2.24) is 0 Å². The minimum Gasteiger partial charge on any atom is -0.284 e. The second kappa shape index (κ2) is 11.9. The summed E-state index contributed by atoms with van der Waals surface area (Å²) in [5.74, 6) is 0.884. The van der Waals surface area contributed by atoms with Crippen molar-refractivity contribution in [1.29, 1.82) is 0 Å². The molecule has 0 aliphatic heterocycles. The summed E-state index contributed by atoms with van der Waals surface area (Å²) >= 11 is 0. The summed E-state index contributed by atoms with van der Waals surface area (Å²) in [5.41, 5.74) is 1.70. The number of rotatable bonds is 5. The van der Waals surface area contributed by atoms with Crippen molar-refractivity contribution in [3.05, 3.63) is 25.4 Å². The standard InChI is InChI=1S/C9H14N2.C5H12/c1-5-9(11-7-3)8(4)10-6-2;1-4-5(2)3/h5-6H,1-2,7H2,3-4H3;5H,4H2,1-3H3. The molecule has 0 aromatic rings. The maximum atomic E-state index is 4.18. The molecule has 0 saturated heterocycles. The minimum atomic E-state index is 0.755. The Bertz CT molecular complexity index is 247. The first-order valence-corrected chi connectivity index (χ1v) is 5.85. The van der Waals surface area contributed by atoms with Crippen LogP contribution in [0.15, 0.2) is 35.4 Å². The van der Waals surface area contributed by atoms with Crippen molar-refractivity contribution in [2.45, 2.75) is 41.0 Å². The summed E-state index contributed by atoms with van der Waals surface area (Å²) < 4.78 is 0. The lowest BCUT2D eigenvalue weighted by molar-refractivity contribution is 0.626. The van der Waals surface area contributed by atoms with Gasteiger partial charge in [0.05, 0.1) is 11.4 Å². The summed E-state index contributed by atoms with van der Waals surface area (Å²) in [6.07, 6.45) is 4.51. The molecule has 2 nitrogen and oxygen atoms in total. The van der Waals surface area contributed by atoms with Gasteiger partial charge in [0, 0.05) is 12.7 Å². The highest BCUT2D eigenvalue weighted by Gasteiger charge is 1.94. The Morgan fingerprint density at radius 2 is 1.75 bits per heavy atom. The van der Waals surface area contributed by atoms with Crippen LogP contribution >= 0.6 is 0 Å². The van der Waals surface area contributed by atoms with Crippen molar-refractivity contribution >= 4 is 11.4 Å². The third-order valence-corrected chi connectivity index (χ3v) is 1.99. The van der Waals surface area contributed by atoms with Crippen LogP contribution in [-0.4, -0.2) is 18.0 Å². The Labute approximate surface area is 101 Å². The summed E-state index contributed by atoms with van der Waals surface area (Å²) in [5, 5.41) is 0. The number of hydrogen-bond acceptors (Lipinski definition) is 2. The summed E-state index contributed by atoms with van der Waals surface area (Å²) in [7, 11) is 0. The topological polar surface area (TPSA) is 24.7 Å². The van der Waals surface area contributed by atoms with Crippen LogP contribution in [0.2, 0.25) is 0 Å². The number of nitrogens with zero attached hydrogens (tertiary/aromatic N) is 2. The average molecular weight is 222 g/mol. The quantitative estimate of drug-likeness (QED) is 0.620. The highest BCUT2D eigenvalue weighted by atomic mass is 14.8. The predicted molar refractivity (Wildman–Crippen MR) is 76.6 cm³/mol. The fourth-order valence-corrected chi connectivity index (χ4v) is 0.700. The van der Waals surface area contributed by atoms with Gasteiger partial charge in [0.1, 0.15) is 0 Å². The highest BCUT2D eigenvalue weighted by molar-refractivity contribution is 6.45. The van der Waals surface area contributed by atoms with Crippen molar-refractivity contribution in [2.24, 2.45) is 15.9 Å². The molecule has 0 rings (SSSR count). The molecule has 0 spiro atoms. The molecule has 0 aliphatic rings. The summed E-state index contributed by atoms with van der Waals surface area (Å²) in [6.45, 7) is 18.4. The van der Waals surface area contributed by atoms with E-state index in [4.69, 9.17) is 0 Å². The van der Waals surface area contributed by atoms with Crippen LogP contribution in [-0.2, 0) is 0 Å². The van der Waals surface area contributed by atoms with Crippen molar-refractivity contribution in [2.75, 3.05) is 6.54 Å². The third kappa shape index (κ3) is 10.9. The number of hydrogen-bond donors (Lipinski definition) is 0. The molecule has 0 atom stereocenters. The fourth-order valence-electron chi connectivity index (χ4n) is 0.700. The van der Waals surface area contributed by atoms with Crippen LogP contribution in [0, 0.1) is 5.92 Å². The van der Waals surface area contributed by atoms with E-state index in [9.17, 15) is 0 Å². The Morgan fingerprint density at radius 3 is 2.00 bits per heavy atom. The second-order valence-electron chi connectivity index (χ2n) is 3.76. The SMILES string of the molecule is C=CN=C(C)C(C=C)=NCC.CCC(C)C. The molecule has 2 heteroatoms. The van der Waals surface area contributed by atoms with Crippen LogP contribution in [0.1, 0.15) is 41.0 Å². The first-order chi connectivity index (χ1) is 7.53. The van der Waals surface area contributed by atoms with Crippen molar-refractivity contribution < 1.29 is 0 Å². The molecular weight excluding hydrogens is 196 g/mol. The zero-order valence-corrected chi connectivity index (χ0v) is 11.5. The smallest absolute Gasteiger partial charge is 0.0780 e. The van der Waals surface area contributed by atoms with E-state index in [1.807, 2.05) is 13.8 Å². The third-order valence-electron chi connectivity index (χ3n) is 1.99. The van der Waals surface area contributed by atoms with Gasteiger partial charge in [0.2, 0.25) is 0 Å². The normalized spacial score (nSPS) is 11.9. The van der Waals surface area contributed by atoms with E-state index in [0.717, 1.165) is 23.9 Å². The zero-order valence-electron chi connectivity index (χ0n) is 11.5. The molecule has 0 heterocycles. The lowest BCUT2D eigenvalue weighted by Gasteiger charge is -1.96. The average Bonchev–Trinajstić information content (AvgIpc) is 2.26. The zero-order chi connectivity index (χ0) is 13.0. The van der Waals surface area contributed by atoms with Crippen LogP contribution < -0.4 is 0 Å². The maximum absolute atomic E-state index is 4.18. The highest BCUT2D eigenvalue weighted by Crippen LogP contribution is 1.93. The minimum absolute atomic E-state index is 0.755. The van der Waals surface area contributed by atoms with Gasteiger partial charge in [-0.25, -0.2) is 0 Å². The summed E-state index contributed by atoms with van der Waals surface area (Å²) in [6, 6.07) is 0. The lowest BCUT2D eigenvalue weighted by Crippen LogP contribution is -2.06. The molecular formula is C14H26N2. The van der Waals surface area contributed by atoms with Crippen LogP contribution in [0.25, 0.3) is 0 Å². The number of allylic oxidation sites excluding steroid dienone is 1. The van der Waals surface area contributed by atoms with Gasteiger partial charge in [-0.2, -0.15) is 0 Å². The van der Waals surface area contributed by atoms with Crippen LogP contribution in [0.5, 0.6) is 0 Å². The van der Waals surface area contributed by atoms with E-state index in [1.54, 1.807) is 6.08 Å². The van der Waals surface area contributed by atoms with Gasteiger partial charge in [0.15, 0.2) is 0 Å². The molecule has 0 aromatic carbocycles. The first-order valence-electron chi connectivity index (χ1n) is 5.85. The Hall–Kier alpha value is -1.18. The molecule has 0 aromatic heterocycles. The largest absolute Gasteiger partial charge is 0.284 e. The molecule has 0 unspecified atom stereocenters. The molecule has 0 fully saturated rings. The van der Waals surface area contributed by atoms with Gasteiger partial charge < -0.3 is 0 Å². The molecule has 0 aliphatic carbocycles. The lowest BCUT2D eigenvalue weighted by atomic mass is 10.2. The summed E-state index contributed by atoms with van der Waals surface area (Å²) in [4.78, 5) is 8.17. The molecule has 16 heavy (non-hydrogen) atoms. The van der Waals surface area contributed by atoms with E-state index in [0.29, 0.717) is 0 Å². The second-order valence-corrected chi connectivity index (χ2v) is 3.76. The molecule has 92 valence electrons. The van der Waals surface area contributed by atoms with E-state index in [-0.39, 0.29) is 0 Å². The van der Waals surface area contributed by atoms with Gasteiger partial charge in [-0.15, -0.1) is 0 Å². The van der Waals surface area contributed by atoms with E-state index in [1.165, 1.54) is 12.6 Å². The molecule has 0 radical (unpaired) electrons. The van der Waals surface area contributed by atoms with E-state index >= 15 is 0 Å². The molecule has 0 saturated carbocycles. The Morgan fingerprint density at radius 1 is 1.25 bits per heavy atom. The maximum Gasteiger partial charge on any atom is 0.0780 e. The molecule has 0 bridgehead atoms. The van der Waals surface area contributed by atoms with E-state index in [2.05, 4.69) is 43.9 Å². The van der Waals surface area contributed by atoms with E-state index < -0.39 is 0 Å². The van der Waals surface area contributed by atoms with Gasteiger partial charge in [-0.1, -0.05) is 40.3 Å². The Balaban J connectivity index is 0. The first kappa shape index (κ1) is 17.2. The van der Waals surface area contributed by atoms with Gasteiger partial charge in [-0.05, 0) is 25.8 Å². The van der Waals surface area contributed by atoms with Gasteiger partial charge >= 0.3 is 0 Å². The predicted octanol–water partition coefficient (Wildman–Crippen LogP) is 4.29. The van der Waals surface area contributed by atoms with Crippen molar-refractivity contribution in [3.63, 3.8) is 0 Å². The molecule has 0 N–H and O–H groups in total.